The molecule has 8 nitrogen and oxygen atoms in total. The number of hydrogen-bond donors (Lipinski definition) is 2. The highest BCUT2D eigenvalue weighted by Crippen LogP contribution is 2.18. The van der Waals surface area contributed by atoms with Crippen molar-refractivity contribution in [3.63, 3.8) is 0 Å². The number of benzene rings is 1. The minimum atomic E-state index is -0.303. The van der Waals surface area contributed by atoms with Crippen molar-refractivity contribution >= 4 is 29.9 Å². The van der Waals surface area contributed by atoms with Gasteiger partial charge in [-0.15, -0.1) is 17.5 Å². The van der Waals surface area contributed by atoms with Crippen molar-refractivity contribution in [1.29, 1.82) is 0 Å². The van der Waals surface area contributed by atoms with Crippen LogP contribution >= 0.6 is 12.4 Å². The van der Waals surface area contributed by atoms with Crippen LogP contribution in [0.4, 0.5) is 5.69 Å². The molecule has 30 heavy (non-hydrogen) atoms. The fourth-order valence-electron chi connectivity index (χ4n) is 3.56. The van der Waals surface area contributed by atoms with Crippen molar-refractivity contribution in [3.8, 4) is 0 Å². The monoisotopic (exact) mass is 434 g/mol. The van der Waals surface area contributed by atoms with Gasteiger partial charge in [0.1, 0.15) is 0 Å². The zero-order valence-corrected chi connectivity index (χ0v) is 18.5. The fraction of sp³-hybridized carbons (Fsp3) is 0.524. The van der Waals surface area contributed by atoms with Crippen LogP contribution in [0.15, 0.2) is 30.5 Å². The van der Waals surface area contributed by atoms with Crippen LogP contribution in [0.1, 0.15) is 66.4 Å². The Hall–Kier alpha value is -2.45. The largest absolute Gasteiger partial charge is 0.339 e. The van der Waals surface area contributed by atoms with Crippen LogP contribution < -0.4 is 10.6 Å². The molecular weight excluding hydrogens is 404 g/mol. The number of rotatable bonds is 8. The minimum absolute atomic E-state index is 0. The number of nitrogens with zero attached hydrogens (tertiary/aromatic N) is 4. The van der Waals surface area contributed by atoms with Gasteiger partial charge in [-0.1, -0.05) is 19.1 Å². The summed E-state index contributed by atoms with van der Waals surface area (Å²) in [4.78, 5) is 27.0. The molecule has 1 aliphatic heterocycles. The highest BCUT2D eigenvalue weighted by Gasteiger charge is 2.19. The first kappa shape index (κ1) is 23.8. The second-order valence-corrected chi connectivity index (χ2v) is 7.39. The molecule has 1 aromatic heterocycles. The van der Waals surface area contributed by atoms with E-state index in [1.807, 2.05) is 4.90 Å². The molecule has 3 rings (SSSR count). The van der Waals surface area contributed by atoms with Gasteiger partial charge in [0.05, 0.1) is 12.2 Å². The van der Waals surface area contributed by atoms with Crippen LogP contribution in [0.5, 0.6) is 0 Å². The quantitative estimate of drug-likeness (QED) is 0.665. The molecule has 0 spiro atoms. The van der Waals surface area contributed by atoms with Crippen molar-refractivity contribution < 1.29 is 9.59 Å². The van der Waals surface area contributed by atoms with Gasteiger partial charge >= 0.3 is 0 Å². The number of piperidine rings is 1. The molecule has 0 unspecified atom stereocenters. The Bertz CT molecular complexity index is 811. The minimum Gasteiger partial charge on any atom is -0.339 e. The van der Waals surface area contributed by atoms with E-state index in [2.05, 4.69) is 34.8 Å². The average molecular weight is 435 g/mol. The Balaban J connectivity index is 0.00000320. The lowest BCUT2D eigenvalue weighted by Crippen LogP contribution is -2.32. The van der Waals surface area contributed by atoms with Crippen LogP contribution in [0.2, 0.25) is 0 Å². The molecule has 1 aliphatic rings. The molecule has 2 aromatic rings. The van der Waals surface area contributed by atoms with Crippen LogP contribution in [-0.2, 0) is 0 Å². The van der Waals surface area contributed by atoms with Crippen molar-refractivity contribution in [2.24, 2.45) is 0 Å². The molecule has 1 saturated heterocycles. The molecule has 0 saturated carbocycles. The van der Waals surface area contributed by atoms with E-state index in [1.165, 1.54) is 0 Å². The van der Waals surface area contributed by atoms with Crippen LogP contribution in [0, 0.1) is 0 Å². The molecule has 0 radical (unpaired) electrons. The van der Waals surface area contributed by atoms with Crippen LogP contribution in [0.25, 0.3) is 0 Å². The predicted molar refractivity (Wildman–Crippen MR) is 119 cm³/mol. The summed E-state index contributed by atoms with van der Waals surface area (Å²) in [5.74, 6) is -0.278. The normalized spacial score (nSPS) is 14.1. The number of carbonyl (C=O) groups excluding carboxylic acids is 2. The number of anilines is 1. The third-order valence-corrected chi connectivity index (χ3v) is 5.09. The second-order valence-electron chi connectivity index (χ2n) is 7.39. The summed E-state index contributed by atoms with van der Waals surface area (Å²) in [5, 5.41) is 14.3. The van der Waals surface area contributed by atoms with Gasteiger partial charge < -0.3 is 15.5 Å². The van der Waals surface area contributed by atoms with Crippen molar-refractivity contribution in [1.82, 2.24) is 25.2 Å². The van der Waals surface area contributed by atoms with E-state index in [1.54, 1.807) is 35.1 Å². The molecule has 0 bridgehead atoms. The molecule has 0 aliphatic carbocycles. The summed E-state index contributed by atoms with van der Waals surface area (Å²) in [6.45, 7) is 7.53. The topological polar surface area (TPSA) is 92.2 Å². The lowest BCUT2D eigenvalue weighted by Gasteiger charge is -2.22. The van der Waals surface area contributed by atoms with E-state index < -0.39 is 0 Å². The van der Waals surface area contributed by atoms with Gasteiger partial charge in [0, 0.05) is 24.3 Å². The van der Waals surface area contributed by atoms with E-state index in [9.17, 15) is 9.59 Å². The van der Waals surface area contributed by atoms with Gasteiger partial charge in [-0.05, 0) is 63.0 Å². The van der Waals surface area contributed by atoms with Gasteiger partial charge in [0.25, 0.3) is 11.8 Å². The van der Waals surface area contributed by atoms with Crippen molar-refractivity contribution in [2.45, 2.75) is 45.6 Å². The first-order chi connectivity index (χ1) is 14.1. The van der Waals surface area contributed by atoms with Gasteiger partial charge in [-0.25, -0.2) is 4.68 Å². The number of nitrogens with one attached hydrogen (secondary N) is 2. The molecule has 2 amide bonds. The average Bonchev–Trinajstić information content (AvgIpc) is 3.25. The molecule has 1 aromatic carbocycles. The standard InChI is InChI=1S/C21H30N6O2.ClH/c1-3-13-26(14-4-2)21(29)16-5-7-17(8-6-16)23-20(28)19-15-27(25-24-19)18-9-11-22-12-10-18;/h5-8,15,18,22H,3-4,9-14H2,1-2H3,(H,23,28);1H. The SMILES string of the molecule is CCCN(CCC)C(=O)c1ccc(NC(=O)c2cn(C3CCNCC3)nn2)cc1.Cl. The first-order valence-corrected chi connectivity index (χ1v) is 10.5. The molecule has 2 heterocycles. The summed E-state index contributed by atoms with van der Waals surface area (Å²) in [5.41, 5.74) is 1.54. The number of carbonyl (C=O) groups is 2. The Morgan fingerprint density at radius 1 is 1.13 bits per heavy atom. The molecule has 1 fully saturated rings. The predicted octanol–water partition coefficient (Wildman–Crippen LogP) is 3.14. The van der Waals surface area contributed by atoms with E-state index in [0.717, 1.165) is 51.9 Å². The Morgan fingerprint density at radius 2 is 1.77 bits per heavy atom. The third kappa shape index (κ3) is 6.03. The third-order valence-electron chi connectivity index (χ3n) is 5.09. The van der Waals surface area contributed by atoms with Crippen molar-refractivity contribution in [3.05, 3.63) is 41.7 Å². The Kier molecular flexibility index (Phi) is 9.26. The maximum Gasteiger partial charge on any atom is 0.277 e. The highest BCUT2D eigenvalue weighted by atomic mass is 35.5. The van der Waals surface area contributed by atoms with E-state index in [0.29, 0.717) is 16.9 Å². The summed E-state index contributed by atoms with van der Waals surface area (Å²) >= 11 is 0. The Morgan fingerprint density at radius 3 is 2.37 bits per heavy atom. The van der Waals surface area contributed by atoms with E-state index in [-0.39, 0.29) is 30.3 Å². The zero-order chi connectivity index (χ0) is 20.6. The number of hydrogen-bond acceptors (Lipinski definition) is 5. The summed E-state index contributed by atoms with van der Waals surface area (Å²) < 4.78 is 1.79. The smallest absolute Gasteiger partial charge is 0.277 e. The second kappa shape index (κ2) is 11.7. The van der Waals surface area contributed by atoms with Crippen LogP contribution in [-0.4, -0.2) is 57.9 Å². The lowest BCUT2D eigenvalue weighted by atomic mass is 10.1. The summed E-state index contributed by atoms with van der Waals surface area (Å²) in [7, 11) is 0. The Labute approximate surface area is 183 Å². The zero-order valence-electron chi connectivity index (χ0n) is 17.6. The van der Waals surface area contributed by atoms with Crippen LogP contribution in [0.3, 0.4) is 0 Å². The first-order valence-electron chi connectivity index (χ1n) is 10.5. The molecular formula is C21H31ClN6O2. The number of halogens is 1. The number of aromatic nitrogens is 3. The fourth-order valence-corrected chi connectivity index (χ4v) is 3.56. The lowest BCUT2D eigenvalue weighted by molar-refractivity contribution is 0.0755. The summed E-state index contributed by atoms with van der Waals surface area (Å²) in [6.07, 6.45) is 5.52. The highest BCUT2D eigenvalue weighted by molar-refractivity contribution is 6.03. The molecule has 9 heteroatoms. The van der Waals surface area contributed by atoms with Gasteiger partial charge in [-0.3, -0.25) is 9.59 Å². The maximum absolute atomic E-state index is 12.6. The number of amides is 2. The molecule has 0 atom stereocenters. The van der Waals surface area contributed by atoms with E-state index >= 15 is 0 Å². The van der Waals surface area contributed by atoms with Gasteiger partial charge in [0.2, 0.25) is 0 Å². The van der Waals surface area contributed by atoms with E-state index in [4.69, 9.17) is 0 Å². The summed E-state index contributed by atoms with van der Waals surface area (Å²) in [6, 6.07) is 7.28. The molecule has 2 N–H and O–H groups in total. The van der Waals surface area contributed by atoms with Gasteiger partial charge in [0.15, 0.2) is 5.69 Å². The van der Waals surface area contributed by atoms with Gasteiger partial charge in [-0.2, -0.15) is 0 Å². The maximum atomic E-state index is 12.6. The molecule has 164 valence electrons. The van der Waals surface area contributed by atoms with Crippen molar-refractivity contribution in [2.75, 3.05) is 31.5 Å².